The Kier molecular flexibility index (Phi) is 6.56. The summed E-state index contributed by atoms with van der Waals surface area (Å²) in [4.78, 5) is 24.1. The molecule has 1 amide bonds. The van der Waals surface area contributed by atoms with Crippen LogP contribution in [0.15, 0.2) is 59.5 Å². The Bertz CT molecular complexity index is 1090. The van der Waals surface area contributed by atoms with Crippen LogP contribution < -0.4 is 10.7 Å². The van der Waals surface area contributed by atoms with E-state index in [0.717, 1.165) is 23.8 Å². The standard InChI is InChI=1S/C22H21F2N3O3/c1-14(2)13-30-22(29)25-18-5-3-4-15(8-18)9-20-21(28)6-7-27(26-20)19-11-16(23)10-17(24)12-19/h3-8,10-12,14H,9,13H2,1-2H3,(H,25,29). The predicted molar refractivity (Wildman–Crippen MR) is 109 cm³/mol. The molecule has 0 aliphatic rings. The molecule has 0 saturated carbocycles. The van der Waals surface area contributed by atoms with Crippen molar-refractivity contribution in [2.45, 2.75) is 20.3 Å². The number of anilines is 1. The summed E-state index contributed by atoms with van der Waals surface area (Å²) in [5.41, 5.74) is 1.30. The molecular weight excluding hydrogens is 392 g/mol. The lowest BCUT2D eigenvalue weighted by atomic mass is 10.1. The average Bonchev–Trinajstić information content (AvgIpc) is 2.67. The van der Waals surface area contributed by atoms with E-state index < -0.39 is 17.7 Å². The summed E-state index contributed by atoms with van der Waals surface area (Å²) in [6.07, 6.45) is 0.964. The molecule has 0 spiro atoms. The first kappa shape index (κ1) is 21.2. The molecule has 156 valence electrons. The highest BCUT2D eigenvalue weighted by atomic mass is 19.1. The number of nitrogens with one attached hydrogen (secondary N) is 1. The zero-order valence-corrected chi connectivity index (χ0v) is 16.6. The Morgan fingerprint density at radius 3 is 2.57 bits per heavy atom. The molecule has 0 aliphatic carbocycles. The lowest BCUT2D eigenvalue weighted by Crippen LogP contribution is -2.17. The first-order valence-electron chi connectivity index (χ1n) is 9.38. The number of nitrogens with zero attached hydrogens (tertiary/aromatic N) is 2. The molecule has 2 aromatic carbocycles. The van der Waals surface area contributed by atoms with Gasteiger partial charge in [0.15, 0.2) is 0 Å². The van der Waals surface area contributed by atoms with Crippen LogP contribution in [0.25, 0.3) is 5.69 Å². The molecule has 1 heterocycles. The molecule has 3 rings (SSSR count). The Morgan fingerprint density at radius 2 is 1.87 bits per heavy atom. The second-order valence-corrected chi connectivity index (χ2v) is 7.19. The van der Waals surface area contributed by atoms with Gasteiger partial charge >= 0.3 is 6.09 Å². The molecule has 0 fully saturated rings. The molecule has 8 heteroatoms. The molecule has 0 saturated heterocycles. The highest BCUT2D eigenvalue weighted by Crippen LogP contribution is 2.15. The van der Waals surface area contributed by atoms with E-state index in [9.17, 15) is 18.4 Å². The molecule has 3 aromatic rings. The fourth-order valence-electron chi connectivity index (χ4n) is 2.73. The van der Waals surface area contributed by atoms with Crippen molar-refractivity contribution in [2.24, 2.45) is 5.92 Å². The van der Waals surface area contributed by atoms with Gasteiger partial charge in [0.1, 0.15) is 17.3 Å². The van der Waals surface area contributed by atoms with Gasteiger partial charge in [-0.1, -0.05) is 26.0 Å². The van der Waals surface area contributed by atoms with Crippen LogP contribution in [0.1, 0.15) is 25.1 Å². The van der Waals surface area contributed by atoms with Gasteiger partial charge in [-0.15, -0.1) is 0 Å². The monoisotopic (exact) mass is 413 g/mol. The highest BCUT2D eigenvalue weighted by molar-refractivity contribution is 5.84. The SMILES string of the molecule is CC(C)COC(=O)Nc1cccc(Cc2nn(-c3cc(F)cc(F)c3)ccc2=O)c1. The van der Waals surface area contributed by atoms with Crippen molar-refractivity contribution < 1.29 is 18.3 Å². The number of amides is 1. The number of rotatable bonds is 6. The minimum absolute atomic E-state index is 0.164. The molecule has 0 bridgehead atoms. The molecule has 0 unspecified atom stereocenters. The topological polar surface area (TPSA) is 73.2 Å². The van der Waals surface area contributed by atoms with E-state index in [1.165, 1.54) is 16.9 Å². The van der Waals surface area contributed by atoms with Crippen molar-refractivity contribution in [3.63, 3.8) is 0 Å². The molecule has 1 aromatic heterocycles. The third kappa shape index (κ3) is 5.73. The molecule has 30 heavy (non-hydrogen) atoms. The van der Waals surface area contributed by atoms with Crippen LogP contribution in [0.2, 0.25) is 0 Å². The summed E-state index contributed by atoms with van der Waals surface area (Å²) in [5.74, 6) is -1.26. The second kappa shape index (κ2) is 9.30. The van der Waals surface area contributed by atoms with Crippen molar-refractivity contribution in [1.29, 1.82) is 0 Å². The number of aromatic nitrogens is 2. The van der Waals surface area contributed by atoms with E-state index in [0.29, 0.717) is 12.3 Å². The largest absolute Gasteiger partial charge is 0.449 e. The van der Waals surface area contributed by atoms with Gasteiger partial charge in [0.2, 0.25) is 5.43 Å². The summed E-state index contributed by atoms with van der Waals surface area (Å²) >= 11 is 0. The van der Waals surface area contributed by atoms with Gasteiger partial charge in [0.05, 0.1) is 12.3 Å². The Labute approximate surface area is 172 Å². The maximum Gasteiger partial charge on any atom is 0.411 e. The van der Waals surface area contributed by atoms with E-state index in [1.54, 1.807) is 24.3 Å². The summed E-state index contributed by atoms with van der Waals surface area (Å²) < 4.78 is 33.3. The van der Waals surface area contributed by atoms with Gasteiger partial charge in [0, 0.05) is 30.4 Å². The maximum absolute atomic E-state index is 13.5. The lowest BCUT2D eigenvalue weighted by Gasteiger charge is -2.10. The molecule has 0 radical (unpaired) electrons. The lowest BCUT2D eigenvalue weighted by molar-refractivity contribution is 0.147. The van der Waals surface area contributed by atoms with E-state index in [1.807, 2.05) is 13.8 Å². The van der Waals surface area contributed by atoms with Gasteiger partial charge in [-0.05, 0) is 35.7 Å². The predicted octanol–water partition coefficient (Wildman–Crippen LogP) is 4.31. The number of carbonyl (C=O) groups is 1. The van der Waals surface area contributed by atoms with Gasteiger partial charge < -0.3 is 4.74 Å². The fourth-order valence-corrected chi connectivity index (χ4v) is 2.73. The first-order chi connectivity index (χ1) is 14.3. The normalized spacial score (nSPS) is 10.8. The van der Waals surface area contributed by atoms with E-state index in [4.69, 9.17) is 4.74 Å². The third-order valence-corrected chi connectivity index (χ3v) is 4.08. The van der Waals surface area contributed by atoms with E-state index in [2.05, 4.69) is 10.4 Å². The van der Waals surface area contributed by atoms with E-state index >= 15 is 0 Å². The van der Waals surface area contributed by atoms with Crippen molar-refractivity contribution in [3.8, 4) is 5.69 Å². The van der Waals surface area contributed by atoms with Gasteiger partial charge in [0.25, 0.3) is 0 Å². The minimum atomic E-state index is -0.741. The number of hydrogen-bond donors (Lipinski definition) is 1. The summed E-state index contributed by atoms with van der Waals surface area (Å²) in [5, 5.41) is 6.86. The van der Waals surface area contributed by atoms with Gasteiger partial charge in [-0.25, -0.2) is 18.3 Å². The van der Waals surface area contributed by atoms with Crippen LogP contribution in [0.4, 0.5) is 19.3 Å². The fraction of sp³-hybridized carbons (Fsp3) is 0.227. The zero-order chi connectivity index (χ0) is 21.7. The number of carbonyl (C=O) groups excluding carboxylic acids is 1. The van der Waals surface area contributed by atoms with Crippen LogP contribution in [0.5, 0.6) is 0 Å². The number of benzene rings is 2. The van der Waals surface area contributed by atoms with Gasteiger partial charge in [-0.2, -0.15) is 5.10 Å². The quantitative estimate of drug-likeness (QED) is 0.654. The Morgan fingerprint density at radius 1 is 1.13 bits per heavy atom. The van der Waals surface area contributed by atoms with Crippen LogP contribution in [0.3, 0.4) is 0 Å². The third-order valence-electron chi connectivity index (χ3n) is 4.08. The van der Waals surface area contributed by atoms with Crippen molar-refractivity contribution >= 4 is 11.8 Å². The Hall–Kier alpha value is -3.55. The first-order valence-corrected chi connectivity index (χ1v) is 9.38. The van der Waals surface area contributed by atoms with Crippen molar-refractivity contribution in [3.05, 3.63) is 87.8 Å². The molecular formula is C22H21F2N3O3. The smallest absolute Gasteiger partial charge is 0.411 e. The highest BCUT2D eigenvalue weighted by Gasteiger charge is 2.09. The second-order valence-electron chi connectivity index (χ2n) is 7.19. The molecule has 6 nitrogen and oxygen atoms in total. The minimum Gasteiger partial charge on any atom is -0.449 e. The molecule has 0 aliphatic heterocycles. The number of halogens is 2. The van der Waals surface area contributed by atoms with Crippen LogP contribution >= 0.6 is 0 Å². The summed E-state index contributed by atoms with van der Waals surface area (Å²) in [6.45, 7) is 4.18. The van der Waals surface area contributed by atoms with Crippen LogP contribution in [-0.2, 0) is 11.2 Å². The van der Waals surface area contributed by atoms with Crippen LogP contribution in [-0.4, -0.2) is 22.5 Å². The molecule has 0 atom stereocenters. The van der Waals surface area contributed by atoms with E-state index in [-0.39, 0.29) is 29.1 Å². The summed E-state index contributed by atoms with van der Waals surface area (Å²) in [7, 11) is 0. The van der Waals surface area contributed by atoms with Gasteiger partial charge in [-0.3, -0.25) is 10.1 Å². The van der Waals surface area contributed by atoms with Crippen LogP contribution in [0, 0.1) is 17.6 Å². The summed E-state index contributed by atoms with van der Waals surface area (Å²) in [6, 6.07) is 11.2. The average molecular weight is 413 g/mol. The zero-order valence-electron chi connectivity index (χ0n) is 16.6. The Balaban J connectivity index is 1.79. The number of hydrogen-bond acceptors (Lipinski definition) is 4. The number of ether oxygens (including phenoxy) is 1. The van der Waals surface area contributed by atoms with Crippen molar-refractivity contribution in [1.82, 2.24) is 9.78 Å². The van der Waals surface area contributed by atoms with Crippen molar-refractivity contribution in [2.75, 3.05) is 11.9 Å². The molecule has 1 N–H and O–H groups in total. The maximum atomic E-state index is 13.5.